The van der Waals surface area contributed by atoms with Gasteiger partial charge in [0.2, 0.25) is 5.91 Å². The lowest BCUT2D eigenvalue weighted by atomic mass is 10.3. The van der Waals surface area contributed by atoms with Crippen LogP contribution < -0.4 is 10.2 Å². The summed E-state index contributed by atoms with van der Waals surface area (Å²) < 4.78 is 1.72. The molecule has 1 saturated heterocycles. The van der Waals surface area contributed by atoms with Gasteiger partial charge in [0, 0.05) is 58.6 Å². The normalized spacial score (nSPS) is 18.3. The first kappa shape index (κ1) is 21.9. The fraction of sp³-hybridized carbons (Fsp3) is 0.722. The number of piperazine rings is 1. The van der Waals surface area contributed by atoms with Crippen LogP contribution in [0.2, 0.25) is 0 Å². The number of nitrogens with one attached hydrogen (secondary N) is 1. The maximum absolute atomic E-state index is 12.6. The molecule has 1 amide bonds. The molecule has 0 unspecified atom stereocenters. The van der Waals surface area contributed by atoms with Gasteiger partial charge in [-0.3, -0.25) is 19.4 Å². The molecule has 0 aromatic carbocycles. The van der Waals surface area contributed by atoms with Crippen molar-refractivity contribution in [3.63, 3.8) is 0 Å². The fourth-order valence-electron chi connectivity index (χ4n) is 3.57. The molecule has 2 aliphatic rings. The second kappa shape index (κ2) is 9.72. The summed E-state index contributed by atoms with van der Waals surface area (Å²) in [5.74, 6) is 0.887. The van der Waals surface area contributed by atoms with Gasteiger partial charge in [0.25, 0.3) is 0 Å². The SMILES string of the molecule is CN=C(NCCN(C(C)C)C1CC1)N1CCN(c2cnn(C)c2)C(=O)C1.I. The first-order valence-corrected chi connectivity index (χ1v) is 9.50. The van der Waals surface area contributed by atoms with Gasteiger partial charge >= 0.3 is 0 Å². The number of carbonyl (C=O) groups excluding carboxylic acids is 1. The molecule has 1 N–H and O–H groups in total. The quantitative estimate of drug-likeness (QED) is 0.369. The number of halogens is 1. The molecule has 0 spiro atoms. The van der Waals surface area contributed by atoms with Gasteiger partial charge in [-0.1, -0.05) is 0 Å². The van der Waals surface area contributed by atoms with E-state index in [1.807, 2.05) is 18.1 Å². The lowest BCUT2D eigenvalue weighted by Gasteiger charge is -2.35. The van der Waals surface area contributed by atoms with Crippen LogP contribution in [0.25, 0.3) is 0 Å². The Hall–Kier alpha value is -1.36. The Morgan fingerprint density at radius 1 is 1.41 bits per heavy atom. The number of aliphatic imine (C=N–C) groups is 1. The molecule has 0 atom stereocenters. The minimum Gasteiger partial charge on any atom is -0.355 e. The molecule has 9 heteroatoms. The highest BCUT2D eigenvalue weighted by Gasteiger charge is 2.31. The van der Waals surface area contributed by atoms with Crippen LogP contribution in [0.1, 0.15) is 26.7 Å². The van der Waals surface area contributed by atoms with Crippen LogP contribution in [0.15, 0.2) is 17.4 Å². The Balaban J connectivity index is 0.00000261. The molecule has 2 fully saturated rings. The minimum atomic E-state index is 0. The number of aromatic nitrogens is 2. The van der Waals surface area contributed by atoms with Crippen molar-refractivity contribution in [3.8, 4) is 0 Å². The van der Waals surface area contributed by atoms with Gasteiger partial charge in [-0.25, -0.2) is 0 Å². The topological polar surface area (TPSA) is 69.0 Å². The fourth-order valence-corrected chi connectivity index (χ4v) is 3.57. The zero-order valence-electron chi connectivity index (χ0n) is 16.8. The molecular weight excluding hydrogens is 457 g/mol. The number of hydrogen-bond acceptors (Lipinski definition) is 4. The zero-order chi connectivity index (χ0) is 18.7. The van der Waals surface area contributed by atoms with Crippen LogP contribution in [-0.4, -0.2) is 83.3 Å². The Kier molecular flexibility index (Phi) is 7.90. The van der Waals surface area contributed by atoms with Gasteiger partial charge in [-0.05, 0) is 26.7 Å². The highest BCUT2D eigenvalue weighted by Crippen LogP contribution is 2.27. The van der Waals surface area contributed by atoms with Crippen LogP contribution in [0.3, 0.4) is 0 Å². The van der Waals surface area contributed by atoms with Crippen LogP contribution >= 0.6 is 24.0 Å². The average Bonchev–Trinajstić information content (AvgIpc) is 3.35. The van der Waals surface area contributed by atoms with E-state index in [1.54, 1.807) is 22.8 Å². The maximum atomic E-state index is 12.6. The van der Waals surface area contributed by atoms with E-state index >= 15 is 0 Å². The second-order valence-corrected chi connectivity index (χ2v) is 7.38. The molecule has 1 saturated carbocycles. The van der Waals surface area contributed by atoms with E-state index in [0.717, 1.165) is 37.3 Å². The molecule has 1 aliphatic heterocycles. The Bertz CT molecular complexity index is 654. The first-order valence-electron chi connectivity index (χ1n) is 9.50. The predicted molar refractivity (Wildman–Crippen MR) is 119 cm³/mol. The number of hydrogen-bond donors (Lipinski definition) is 1. The van der Waals surface area contributed by atoms with Gasteiger partial charge < -0.3 is 15.1 Å². The van der Waals surface area contributed by atoms with E-state index in [2.05, 4.69) is 34.2 Å². The van der Waals surface area contributed by atoms with E-state index in [1.165, 1.54) is 12.8 Å². The lowest BCUT2D eigenvalue weighted by Crippen LogP contribution is -2.56. The summed E-state index contributed by atoms with van der Waals surface area (Å²) in [4.78, 5) is 23.3. The van der Waals surface area contributed by atoms with Crippen LogP contribution in [0, 0.1) is 0 Å². The van der Waals surface area contributed by atoms with Crippen molar-refractivity contribution in [3.05, 3.63) is 12.4 Å². The summed E-state index contributed by atoms with van der Waals surface area (Å²) in [5, 5.41) is 7.59. The van der Waals surface area contributed by atoms with Gasteiger partial charge in [0.15, 0.2) is 5.96 Å². The molecule has 1 aliphatic carbocycles. The summed E-state index contributed by atoms with van der Waals surface area (Å²) in [5.41, 5.74) is 0.858. The molecule has 1 aromatic heterocycles. The molecule has 8 nitrogen and oxygen atoms in total. The monoisotopic (exact) mass is 489 g/mol. The number of guanidine groups is 1. The van der Waals surface area contributed by atoms with Crippen molar-refractivity contribution < 1.29 is 4.79 Å². The molecule has 0 radical (unpaired) electrons. The molecule has 1 aromatic rings. The highest BCUT2D eigenvalue weighted by atomic mass is 127. The molecule has 3 rings (SSSR count). The van der Waals surface area contributed by atoms with E-state index in [-0.39, 0.29) is 29.9 Å². The zero-order valence-corrected chi connectivity index (χ0v) is 19.1. The largest absolute Gasteiger partial charge is 0.355 e. The summed E-state index contributed by atoms with van der Waals surface area (Å²) in [6.45, 7) is 8.10. The van der Waals surface area contributed by atoms with Crippen LogP contribution in [-0.2, 0) is 11.8 Å². The molecular formula is C18H32IN7O. The van der Waals surface area contributed by atoms with Crippen molar-refractivity contribution in [2.45, 2.75) is 38.8 Å². The number of carbonyl (C=O) groups is 1. The second-order valence-electron chi connectivity index (χ2n) is 7.38. The van der Waals surface area contributed by atoms with Crippen molar-refractivity contribution in [1.29, 1.82) is 0 Å². The summed E-state index contributed by atoms with van der Waals surface area (Å²) >= 11 is 0. The van der Waals surface area contributed by atoms with Crippen molar-refractivity contribution in [2.24, 2.45) is 12.0 Å². The van der Waals surface area contributed by atoms with Crippen molar-refractivity contribution >= 4 is 41.5 Å². The summed E-state index contributed by atoms with van der Waals surface area (Å²) in [6, 6.07) is 1.32. The molecule has 152 valence electrons. The summed E-state index contributed by atoms with van der Waals surface area (Å²) in [7, 11) is 3.64. The van der Waals surface area contributed by atoms with Gasteiger partial charge in [0.1, 0.15) is 6.54 Å². The smallest absolute Gasteiger partial charge is 0.246 e. The van der Waals surface area contributed by atoms with E-state index in [0.29, 0.717) is 19.1 Å². The van der Waals surface area contributed by atoms with Crippen LogP contribution in [0.5, 0.6) is 0 Å². The average molecular weight is 489 g/mol. The number of nitrogens with zero attached hydrogens (tertiary/aromatic N) is 6. The number of aryl methyl sites for hydroxylation is 1. The lowest BCUT2D eigenvalue weighted by molar-refractivity contribution is -0.120. The van der Waals surface area contributed by atoms with E-state index < -0.39 is 0 Å². The maximum Gasteiger partial charge on any atom is 0.246 e. The van der Waals surface area contributed by atoms with Gasteiger partial charge in [0.05, 0.1) is 11.9 Å². The molecule has 2 heterocycles. The molecule has 27 heavy (non-hydrogen) atoms. The first-order chi connectivity index (χ1) is 12.5. The standard InChI is InChI=1S/C18H31N7O.HI/c1-14(2)24(15-5-6-15)8-7-20-18(19-3)23-9-10-25(17(26)13-23)16-11-21-22(4)12-16;/h11-12,14-15H,5-10,13H2,1-4H3,(H,19,20);1H. The van der Waals surface area contributed by atoms with Crippen LogP contribution in [0.4, 0.5) is 5.69 Å². The third kappa shape index (κ3) is 5.56. The summed E-state index contributed by atoms with van der Waals surface area (Å²) in [6.07, 6.45) is 6.24. The minimum absolute atomic E-state index is 0. The number of rotatable bonds is 6. The molecule has 0 bridgehead atoms. The van der Waals surface area contributed by atoms with E-state index in [4.69, 9.17) is 0 Å². The van der Waals surface area contributed by atoms with Gasteiger partial charge in [-0.15, -0.1) is 24.0 Å². The Morgan fingerprint density at radius 3 is 2.67 bits per heavy atom. The van der Waals surface area contributed by atoms with E-state index in [9.17, 15) is 4.79 Å². The number of amides is 1. The third-order valence-electron chi connectivity index (χ3n) is 5.07. The highest BCUT2D eigenvalue weighted by molar-refractivity contribution is 14.0. The van der Waals surface area contributed by atoms with Gasteiger partial charge in [-0.2, -0.15) is 5.10 Å². The number of anilines is 1. The Labute approximate surface area is 179 Å². The van der Waals surface area contributed by atoms with Crippen molar-refractivity contribution in [1.82, 2.24) is 24.9 Å². The predicted octanol–water partition coefficient (Wildman–Crippen LogP) is 1.13. The third-order valence-corrected chi connectivity index (χ3v) is 5.07. The van der Waals surface area contributed by atoms with Crippen molar-refractivity contribution in [2.75, 3.05) is 44.7 Å². The Morgan fingerprint density at radius 2 is 2.15 bits per heavy atom.